The number of benzene rings is 7. The van der Waals surface area contributed by atoms with E-state index in [0.717, 1.165) is 33.5 Å². The summed E-state index contributed by atoms with van der Waals surface area (Å²) in [5.41, 5.74) is 10.9. The van der Waals surface area contributed by atoms with Crippen molar-refractivity contribution in [2.24, 2.45) is 0 Å². The lowest BCUT2D eigenvalue weighted by atomic mass is 10.0. The summed E-state index contributed by atoms with van der Waals surface area (Å²) in [7, 11) is 0. The first-order valence-electron chi connectivity index (χ1n) is 16.8. The Labute approximate surface area is 293 Å². The fraction of sp³-hybridized carbons (Fsp3) is 0. The number of aromatic nitrogens is 3. The molecule has 3 nitrogen and oxygen atoms in total. The van der Waals surface area contributed by atoms with Crippen molar-refractivity contribution >= 4 is 53.3 Å². The molecule has 234 valence electrons. The van der Waals surface area contributed by atoms with Gasteiger partial charge >= 0.3 is 0 Å². The molecule has 0 aliphatic heterocycles. The monoisotopic (exact) mass is 655 g/mol. The predicted octanol–water partition coefficient (Wildman–Crippen LogP) is 12.6. The summed E-state index contributed by atoms with van der Waals surface area (Å²) < 4.78 is 4.82. The third-order valence-corrected chi connectivity index (χ3v) is 10.8. The van der Waals surface area contributed by atoms with Crippen LogP contribution in [0.2, 0.25) is 0 Å². The van der Waals surface area contributed by atoms with Gasteiger partial charge in [0.25, 0.3) is 0 Å². The molecule has 0 unspecified atom stereocenters. The number of fused-ring (bicyclic) bond motifs is 7. The van der Waals surface area contributed by atoms with Crippen LogP contribution >= 0.6 is 11.3 Å². The fourth-order valence-electron chi connectivity index (χ4n) is 7.22. The molecule has 0 saturated heterocycles. The van der Waals surface area contributed by atoms with E-state index >= 15 is 0 Å². The molecular formula is C46H29N3S. The second-order valence-electron chi connectivity index (χ2n) is 12.6. The molecule has 0 radical (unpaired) electrons. The third-order valence-electron chi connectivity index (χ3n) is 9.63. The van der Waals surface area contributed by atoms with E-state index in [-0.39, 0.29) is 0 Å². The Hall–Kier alpha value is -6.36. The number of hydrogen-bond donors (Lipinski definition) is 0. The highest BCUT2D eigenvalue weighted by atomic mass is 32.1. The lowest BCUT2D eigenvalue weighted by Crippen LogP contribution is -2.04. The van der Waals surface area contributed by atoms with Crippen molar-refractivity contribution in [3.63, 3.8) is 0 Å². The topological polar surface area (TPSA) is 30.7 Å². The maximum atomic E-state index is 5.28. The molecule has 3 aromatic heterocycles. The van der Waals surface area contributed by atoms with E-state index in [2.05, 4.69) is 168 Å². The van der Waals surface area contributed by atoms with E-state index < -0.39 is 0 Å². The Balaban J connectivity index is 1.29. The standard InChI is InChI=1S/C46H29N3S/c1-5-13-30(14-6-1)34-21-24-41-38(28-34)44-42(25-23-36-37-27-35(31-15-7-2-8-16-31)22-26-43(37)50-45(36)44)49(41)46-47-39(32-17-9-3-10-18-32)29-40(48-46)33-19-11-4-12-20-33/h1-29H. The molecule has 0 amide bonds. The summed E-state index contributed by atoms with van der Waals surface area (Å²) in [6.45, 7) is 0. The molecule has 50 heavy (non-hydrogen) atoms. The minimum Gasteiger partial charge on any atom is -0.278 e. The highest BCUT2D eigenvalue weighted by Crippen LogP contribution is 2.45. The van der Waals surface area contributed by atoms with Crippen LogP contribution in [0.1, 0.15) is 0 Å². The summed E-state index contributed by atoms with van der Waals surface area (Å²) in [5.74, 6) is 0.657. The van der Waals surface area contributed by atoms with Crippen molar-refractivity contribution < 1.29 is 0 Å². The second kappa shape index (κ2) is 11.7. The van der Waals surface area contributed by atoms with Crippen LogP contribution < -0.4 is 0 Å². The molecule has 0 aliphatic rings. The normalized spacial score (nSPS) is 11.6. The van der Waals surface area contributed by atoms with Gasteiger partial charge in [-0.1, -0.05) is 140 Å². The molecule has 0 fully saturated rings. The van der Waals surface area contributed by atoms with Crippen LogP contribution in [0, 0.1) is 0 Å². The number of thiophene rings is 1. The smallest absolute Gasteiger partial charge is 0.235 e. The van der Waals surface area contributed by atoms with Crippen molar-refractivity contribution in [3.05, 3.63) is 176 Å². The van der Waals surface area contributed by atoms with Crippen molar-refractivity contribution in [1.29, 1.82) is 0 Å². The largest absolute Gasteiger partial charge is 0.278 e. The molecule has 10 aromatic rings. The maximum Gasteiger partial charge on any atom is 0.235 e. The Morgan fingerprint density at radius 2 is 0.880 bits per heavy atom. The van der Waals surface area contributed by atoms with Gasteiger partial charge in [0.05, 0.1) is 22.4 Å². The minimum absolute atomic E-state index is 0.657. The van der Waals surface area contributed by atoms with E-state index in [0.29, 0.717) is 5.95 Å². The van der Waals surface area contributed by atoms with Crippen LogP contribution in [-0.2, 0) is 0 Å². The minimum atomic E-state index is 0.657. The Morgan fingerprint density at radius 3 is 1.46 bits per heavy atom. The van der Waals surface area contributed by atoms with Crippen LogP contribution in [0.15, 0.2) is 176 Å². The molecule has 0 N–H and O–H groups in total. The van der Waals surface area contributed by atoms with Crippen LogP contribution in [0.3, 0.4) is 0 Å². The first-order valence-corrected chi connectivity index (χ1v) is 17.6. The highest BCUT2D eigenvalue weighted by molar-refractivity contribution is 7.26. The van der Waals surface area contributed by atoms with E-state index in [1.54, 1.807) is 0 Å². The molecule has 3 heterocycles. The zero-order valence-electron chi connectivity index (χ0n) is 27.0. The Morgan fingerprint density at radius 1 is 0.380 bits per heavy atom. The second-order valence-corrected chi connectivity index (χ2v) is 13.7. The van der Waals surface area contributed by atoms with E-state index in [9.17, 15) is 0 Å². The molecule has 0 saturated carbocycles. The lowest BCUT2D eigenvalue weighted by Gasteiger charge is -2.12. The van der Waals surface area contributed by atoms with Gasteiger partial charge in [-0.15, -0.1) is 11.3 Å². The molecule has 7 aromatic carbocycles. The van der Waals surface area contributed by atoms with Crippen molar-refractivity contribution in [2.45, 2.75) is 0 Å². The molecule has 0 aliphatic carbocycles. The summed E-state index contributed by atoms with van der Waals surface area (Å²) >= 11 is 1.87. The molecule has 4 heteroatoms. The van der Waals surface area contributed by atoms with Gasteiger partial charge in [0, 0.05) is 42.1 Å². The molecule has 10 rings (SSSR count). The van der Waals surface area contributed by atoms with Crippen molar-refractivity contribution in [1.82, 2.24) is 14.5 Å². The number of nitrogens with zero attached hydrogens (tertiary/aromatic N) is 3. The number of rotatable bonds is 5. The quantitative estimate of drug-likeness (QED) is 0.185. The van der Waals surface area contributed by atoms with Gasteiger partial charge < -0.3 is 0 Å². The van der Waals surface area contributed by atoms with Crippen molar-refractivity contribution in [3.8, 4) is 50.7 Å². The van der Waals surface area contributed by atoms with Crippen molar-refractivity contribution in [2.75, 3.05) is 0 Å². The highest BCUT2D eigenvalue weighted by Gasteiger charge is 2.21. The lowest BCUT2D eigenvalue weighted by molar-refractivity contribution is 0.996. The average Bonchev–Trinajstić information content (AvgIpc) is 3.74. The molecule has 0 bridgehead atoms. The molecule has 0 atom stereocenters. The van der Waals surface area contributed by atoms with E-state index in [1.807, 2.05) is 23.5 Å². The van der Waals surface area contributed by atoms with Crippen LogP contribution in [0.5, 0.6) is 0 Å². The van der Waals surface area contributed by atoms with Gasteiger partial charge in [-0.05, 0) is 58.7 Å². The van der Waals surface area contributed by atoms with Gasteiger partial charge in [-0.2, -0.15) is 0 Å². The van der Waals surface area contributed by atoms with Gasteiger partial charge in [-0.25, -0.2) is 9.97 Å². The molecule has 0 spiro atoms. The van der Waals surface area contributed by atoms with E-state index in [1.165, 1.54) is 53.2 Å². The van der Waals surface area contributed by atoms with Gasteiger partial charge in [0.1, 0.15) is 0 Å². The van der Waals surface area contributed by atoms with Crippen LogP contribution in [0.25, 0.3) is 92.7 Å². The first-order chi connectivity index (χ1) is 24.8. The average molecular weight is 656 g/mol. The zero-order chi connectivity index (χ0) is 33.0. The SMILES string of the molecule is c1ccc(-c2ccc3sc4c(ccc5c4c4cc(-c6ccccc6)ccc4n5-c4nc(-c5ccccc5)cc(-c5ccccc5)n4)c3c2)cc1. The fourth-order valence-corrected chi connectivity index (χ4v) is 8.46. The summed E-state index contributed by atoms with van der Waals surface area (Å²) in [5, 5.41) is 4.97. The molecular weight excluding hydrogens is 627 g/mol. The Kier molecular flexibility index (Phi) is 6.68. The number of hydrogen-bond acceptors (Lipinski definition) is 3. The first kappa shape index (κ1) is 28.6. The van der Waals surface area contributed by atoms with Gasteiger partial charge in [-0.3, -0.25) is 4.57 Å². The predicted molar refractivity (Wildman–Crippen MR) is 211 cm³/mol. The Bertz CT molecular complexity index is 2780. The maximum absolute atomic E-state index is 5.28. The van der Waals surface area contributed by atoms with Crippen LogP contribution in [0.4, 0.5) is 0 Å². The summed E-state index contributed by atoms with van der Waals surface area (Å²) in [6, 6.07) is 62.4. The van der Waals surface area contributed by atoms with Gasteiger partial charge in [0.2, 0.25) is 5.95 Å². The summed E-state index contributed by atoms with van der Waals surface area (Å²) in [6.07, 6.45) is 0. The zero-order valence-corrected chi connectivity index (χ0v) is 27.8. The third kappa shape index (κ3) is 4.73. The van der Waals surface area contributed by atoms with Crippen LogP contribution in [-0.4, -0.2) is 14.5 Å². The summed E-state index contributed by atoms with van der Waals surface area (Å²) in [4.78, 5) is 10.6. The van der Waals surface area contributed by atoms with Gasteiger partial charge in [0.15, 0.2) is 0 Å². The van der Waals surface area contributed by atoms with E-state index in [4.69, 9.17) is 9.97 Å².